The molecule has 2 aromatic rings. The van der Waals surface area contributed by atoms with Crippen LogP contribution in [0.3, 0.4) is 0 Å². The molecule has 0 atom stereocenters. The summed E-state index contributed by atoms with van der Waals surface area (Å²) in [6.07, 6.45) is 5.24. The molecule has 5 heteroatoms. The fraction of sp³-hybridized carbons (Fsp3) is 0.375. The zero-order valence-electron chi connectivity index (χ0n) is 11.8. The van der Waals surface area contributed by atoms with E-state index in [1.54, 1.807) is 12.3 Å². The minimum absolute atomic E-state index is 0.161. The van der Waals surface area contributed by atoms with Crippen molar-refractivity contribution < 1.29 is 9.90 Å². The van der Waals surface area contributed by atoms with Gasteiger partial charge in [-0.15, -0.1) is 0 Å². The lowest BCUT2D eigenvalue weighted by atomic mass is 10.1. The van der Waals surface area contributed by atoms with Crippen LogP contribution < -0.4 is 5.56 Å². The van der Waals surface area contributed by atoms with Crippen LogP contribution in [-0.4, -0.2) is 33.5 Å². The van der Waals surface area contributed by atoms with Crippen LogP contribution >= 0.6 is 0 Å². The first-order valence-corrected chi connectivity index (χ1v) is 7.26. The first-order chi connectivity index (χ1) is 10.2. The van der Waals surface area contributed by atoms with Crippen molar-refractivity contribution in [3.8, 4) is 0 Å². The summed E-state index contributed by atoms with van der Waals surface area (Å²) in [7, 11) is 0. The number of likely N-dealkylation sites (tertiary alicyclic amines) is 1. The Morgan fingerprint density at radius 3 is 2.67 bits per heavy atom. The number of hydrogen-bond acceptors (Lipinski definition) is 3. The van der Waals surface area contributed by atoms with Gasteiger partial charge in [0.15, 0.2) is 0 Å². The third kappa shape index (κ3) is 2.69. The Morgan fingerprint density at radius 1 is 1.19 bits per heavy atom. The molecule has 1 aliphatic rings. The molecule has 3 heterocycles. The van der Waals surface area contributed by atoms with E-state index in [9.17, 15) is 14.7 Å². The normalized spacial score (nSPS) is 16.2. The maximum atomic E-state index is 12.2. The molecule has 0 aromatic carbocycles. The topological polar surface area (TPSA) is 62.0 Å². The molecule has 2 aromatic heterocycles. The van der Waals surface area contributed by atoms with Gasteiger partial charge in [0.25, 0.3) is 5.56 Å². The van der Waals surface area contributed by atoms with Crippen LogP contribution in [-0.2, 0) is 6.54 Å². The van der Waals surface area contributed by atoms with E-state index in [4.69, 9.17) is 0 Å². The molecule has 110 valence electrons. The fourth-order valence-corrected chi connectivity index (χ4v) is 2.96. The second-order valence-electron chi connectivity index (χ2n) is 5.49. The second kappa shape index (κ2) is 5.69. The van der Waals surface area contributed by atoms with Crippen molar-refractivity contribution in [2.24, 2.45) is 0 Å². The summed E-state index contributed by atoms with van der Waals surface area (Å²) in [4.78, 5) is 25.8. The molecule has 0 amide bonds. The van der Waals surface area contributed by atoms with E-state index in [2.05, 4.69) is 4.90 Å². The lowest BCUT2D eigenvalue weighted by Gasteiger charge is -2.27. The maximum Gasteiger partial charge on any atom is 0.341 e. The molecule has 1 aliphatic heterocycles. The Labute approximate surface area is 122 Å². The molecular formula is C16H18N2O3. The molecule has 0 aliphatic carbocycles. The first-order valence-electron chi connectivity index (χ1n) is 7.26. The average Bonchev–Trinajstić information content (AvgIpc) is 2.51. The monoisotopic (exact) mass is 286 g/mol. The Kier molecular flexibility index (Phi) is 3.75. The van der Waals surface area contributed by atoms with Crippen LogP contribution in [0.15, 0.2) is 35.3 Å². The van der Waals surface area contributed by atoms with Gasteiger partial charge in [-0.25, -0.2) is 4.79 Å². The van der Waals surface area contributed by atoms with E-state index in [-0.39, 0.29) is 5.56 Å². The third-order valence-corrected chi connectivity index (χ3v) is 4.03. The number of fused-ring (bicyclic) bond motifs is 1. The van der Waals surface area contributed by atoms with Gasteiger partial charge in [0.2, 0.25) is 0 Å². The summed E-state index contributed by atoms with van der Waals surface area (Å²) in [5.74, 6) is -1.17. The predicted molar refractivity (Wildman–Crippen MR) is 79.8 cm³/mol. The minimum Gasteiger partial charge on any atom is -0.477 e. The molecule has 0 spiro atoms. The number of carbonyl (C=O) groups is 1. The van der Waals surface area contributed by atoms with Gasteiger partial charge in [-0.05, 0) is 49.7 Å². The van der Waals surface area contributed by atoms with Gasteiger partial charge in [-0.3, -0.25) is 14.1 Å². The van der Waals surface area contributed by atoms with E-state index in [1.165, 1.54) is 29.7 Å². The second-order valence-corrected chi connectivity index (χ2v) is 5.49. The largest absolute Gasteiger partial charge is 0.477 e. The van der Waals surface area contributed by atoms with Crippen molar-refractivity contribution in [2.75, 3.05) is 13.1 Å². The number of aromatic nitrogens is 1. The molecule has 1 N–H and O–H groups in total. The summed E-state index contributed by atoms with van der Waals surface area (Å²) < 4.78 is 1.43. The highest BCUT2D eigenvalue weighted by molar-refractivity contribution is 5.88. The van der Waals surface area contributed by atoms with Crippen LogP contribution in [0.1, 0.15) is 35.2 Å². The number of carboxylic acids is 1. The molecular weight excluding hydrogens is 268 g/mol. The van der Waals surface area contributed by atoms with Gasteiger partial charge in [0.1, 0.15) is 5.56 Å². The summed E-state index contributed by atoms with van der Waals surface area (Å²) in [6, 6.07) is 7.01. The van der Waals surface area contributed by atoms with E-state index in [0.29, 0.717) is 6.54 Å². The smallest absolute Gasteiger partial charge is 0.341 e. The lowest BCUT2D eigenvalue weighted by Crippen LogP contribution is -2.30. The van der Waals surface area contributed by atoms with Crippen LogP contribution in [0.4, 0.5) is 0 Å². The Bertz CT molecular complexity index is 730. The fourth-order valence-electron chi connectivity index (χ4n) is 2.96. The number of hydrogen-bond donors (Lipinski definition) is 1. The van der Waals surface area contributed by atoms with Gasteiger partial charge in [-0.2, -0.15) is 0 Å². The van der Waals surface area contributed by atoms with Crippen LogP contribution in [0.2, 0.25) is 0 Å². The zero-order chi connectivity index (χ0) is 14.8. The highest BCUT2D eigenvalue weighted by Crippen LogP contribution is 2.17. The summed E-state index contributed by atoms with van der Waals surface area (Å²) in [6.45, 7) is 2.75. The quantitative estimate of drug-likeness (QED) is 0.937. The molecule has 0 saturated carbocycles. The van der Waals surface area contributed by atoms with Crippen molar-refractivity contribution in [1.29, 1.82) is 0 Å². The Hall–Kier alpha value is -2.14. The number of pyridine rings is 2. The third-order valence-electron chi connectivity index (χ3n) is 4.03. The predicted octanol–water partition coefficient (Wildman–Crippen LogP) is 1.98. The van der Waals surface area contributed by atoms with Crippen molar-refractivity contribution >= 4 is 11.5 Å². The number of carboxylic acid groups (broad SMARTS) is 1. The minimum atomic E-state index is -1.17. The molecule has 1 fully saturated rings. The number of piperidine rings is 1. The van der Waals surface area contributed by atoms with Crippen LogP contribution in [0.5, 0.6) is 0 Å². The number of rotatable bonds is 3. The molecule has 5 nitrogen and oxygen atoms in total. The van der Waals surface area contributed by atoms with E-state index < -0.39 is 11.5 Å². The maximum absolute atomic E-state index is 12.2. The standard InChI is InChI=1S/C16H18N2O3/c19-15-13(16(20)21)10-12(11-17-7-3-1-4-8-17)14-6-2-5-9-18(14)15/h2,5-6,9-10H,1,3-4,7-8,11H2,(H,20,21). The Morgan fingerprint density at radius 2 is 1.95 bits per heavy atom. The van der Waals surface area contributed by atoms with Gasteiger partial charge >= 0.3 is 5.97 Å². The summed E-state index contributed by atoms with van der Waals surface area (Å²) in [5, 5.41) is 9.23. The molecule has 3 rings (SSSR count). The highest BCUT2D eigenvalue weighted by Gasteiger charge is 2.17. The van der Waals surface area contributed by atoms with Crippen molar-refractivity contribution in [3.63, 3.8) is 0 Å². The molecule has 0 radical (unpaired) electrons. The van der Waals surface area contributed by atoms with Crippen LogP contribution in [0.25, 0.3) is 5.52 Å². The molecule has 21 heavy (non-hydrogen) atoms. The van der Waals surface area contributed by atoms with Crippen molar-refractivity contribution in [2.45, 2.75) is 25.8 Å². The molecule has 1 saturated heterocycles. The van der Waals surface area contributed by atoms with Gasteiger partial charge in [0, 0.05) is 12.7 Å². The lowest BCUT2D eigenvalue weighted by molar-refractivity contribution is 0.0694. The van der Waals surface area contributed by atoms with Gasteiger partial charge in [-0.1, -0.05) is 12.5 Å². The van der Waals surface area contributed by atoms with E-state index >= 15 is 0 Å². The van der Waals surface area contributed by atoms with Crippen LogP contribution in [0, 0.1) is 0 Å². The SMILES string of the molecule is O=C(O)c1cc(CN2CCCCC2)c2ccccn2c1=O. The van der Waals surface area contributed by atoms with Gasteiger partial charge in [0.05, 0.1) is 5.52 Å². The summed E-state index contributed by atoms with van der Waals surface area (Å²) >= 11 is 0. The zero-order valence-corrected chi connectivity index (χ0v) is 11.8. The average molecular weight is 286 g/mol. The van der Waals surface area contributed by atoms with Gasteiger partial charge < -0.3 is 5.11 Å². The Balaban J connectivity index is 2.09. The van der Waals surface area contributed by atoms with Crippen molar-refractivity contribution in [3.05, 3.63) is 51.9 Å². The van der Waals surface area contributed by atoms with E-state index in [0.717, 1.165) is 24.2 Å². The number of nitrogens with zero attached hydrogens (tertiary/aromatic N) is 2. The highest BCUT2D eigenvalue weighted by atomic mass is 16.4. The van der Waals surface area contributed by atoms with Crippen molar-refractivity contribution in [1.82, 2.24) is 9.30 Å². The summed E-state index contributed by atoms with van der Waals surface area (Å²) in [5.41, 5.74) is 1.05. The first kappa shape index (κ1) is 13.8. The number of aromatic carboxylic acids is 1. The molecule has 0 unspecified atom stereocenters. The van der Waals surface area contributed by atoms with E-state index in [1.807, 2.05) is 12.1 Å². The molecule has 0 bridgehead atoms.